The van der Waals surface area contributed by atoms with Crippen molar-refractivity contribution in [2.24, 2.45) is 0 Å². The van der Waals surface area contributed by atoms with Crippen molar-refractivity contribution < 1.29 is 13.9 Å². The van der Waals surface area contributed by atoms with Crippen molar-refractivity contribution >= 4 is 35.5 Å². The Morgan fingerprint density at radius 3 is 1.39 bits per heavy atom. The minimum Gasteiger partial charge on any atom is -0.490 e. The molecule has 0 radical (unpaired) electrons. The van der Waals surface area contributed by atoms with E-state index in [0.717, 1.165) is 11.1 Å². The van der Waals surface area contributed by atoms with Crippen LogP contribution in [0.1, 0.15) is 39.3 Å². The van der Waals surface area contributed by atoms with Crippen LogP contribution in [0.5, 0.6) is 11.5 Å². The third-order valence-electron chi connectivity index (χ3n) is 5.94. The molecular formula is C32H33ClN8O3. The van der Waals surface area contributed by atoms with E-state index in [1.165, 1.54) is 0 Å². The van der Waals surface area contributed by atoms with Gasteiger partial charge in [0.25, 0.3) is 0 Å². The molecular weight excluding hydrogens is 580 g/mol. The van der Waals surface area contributed by atoms with Gasteiger partial charge in [-0.05, 0) is 76.2 Å². The Morgan fingerprint density at radius 2 is 1.02 bits per heavy atom. The number of hydrogen-bond donors (Lipinski definition) is 4. The number of hydrogen-bond acceptors (Lipinski definition) is 9. The molecule has 0 saturated heterocycles. The van der Waals surface area contributed by atoms with Crippen LogP contribution in [0.2, 0.25) is 0 Å². The first-order chi connectivity index (χ1) is 20.8. The number of anilines is 2. The molecule has 0 aliphatic rings. The number of halogens is 1. The van der Waals surface area contributed by atoms with Crippen molar-refractivity contribution in [1.29, 1.82) is 10.8 Å². The third-order valence-corrected chi connectivity index (χ3v) is 5.94. The van der Waals surface area contributed by atoms with E-state index in [0.29, 0.717) is 46.0 Å². The molecule has 0 fully saturated rings. The van der Waals surface area contributed by atoms with Crippen molar-refractivity contribution in [3.63, 3.8) is 0 Å². The minimum absolute atomic E-state index is 0. The Hall–Kier alpha value is -5.29. The molecule has 0 spiro atoms. The zero-order chi connectivity index (χ0) is 30.3. The lowest BCUT2D eigenvalue weighted by molar-refractivity contribution is 0.243. The van der Waals surface area contributed by atoms with Crippen LogP contribution in [0.3, 0.4) is 0 Å². The Balaban J connectivity index is 0.00000442. The topological polar surface area (TPSA) is 155 Å². The van der Waals surface area contributed by atoms with Crippen LogP contribution >= 0.6 is 12.4 Å². The highest BCUT2D eigenvalue weighted by Crippen LogP contribution is 2.40. The highest BCUT2D eigenvalue weighted by Gasteiger charge is 2.18. The van der Waals surface area contributed by atoms with E-state index in [2.05, 4.69) is 30.6 Å². The average Bonchev–Trinajstić information content (AvgIpc) is 3.47. The summed E-state index contributed by atoms with van der Waals surface area (Å²) >= 11 is 0. The minimum atomic E-state index is -0.0913. The van der Waals surface area contributed by atoms with Crippen molar-refractivity contribution in [2.75, 3.05) is 10.6 Å². The monoisotopic (exact) mass is 612 g/mol. The third kappa shape index (κ3) is 7.75. The van der Waals surface area contributed by atoms with E-state index in [1.807, 2.05) is 76.2 Å². The molecule has 12 heteroatoms. The summed E-state index contributed by atoms with van der Waals surface area (Å²) < 4.78 is 18.6. The summed E-state index contributed by atoms with van der Waals surface area (Å²) in [5.41, 5.74) is 2.83. The molecule has 5 aromatic rings. The van der Waals surface area contributed by atoms with Gasteiger partial charge >= 0.3 is 0 Å². The zero-order valence-corrected chi connectivity index (χ0v) is 25.5. The van der Waals surface area contributed by atoms with Gasteiger partial charge in [-0.2, -0.15) is 0 Å². The van der Waals surface area contributed by atoms with Crippen LogP contribution in [-0.2, 0) is 0 Å². The van der Waals surface area contributed by atoms with Gasteiger partial charge in [0.2, 0.25) is 0 Å². The lowest BCUT2D eigenvalue weighted by Gasteiger charge is -2.16. The van der Waals surface area contributed by atoms with Gasteiger partial charge in [0.1, 0.15) is 23.0 Å². The summed E-state index contributed by atoms with van der Waals surface area (Å²) in [7, 11) is 0. The van der Waals surface area contributed by atoms with Gasteiger partial charge < -0.3 is 24.5 Å². The van der Waals surface area contributed by atoms with Crippen LogP contribution < -0.4 is 20.1 Å². The number of nitrogens with one attached hydrogen (secondary N) is 4. The second-order valence-corrected chi connectivity index (χ2v) is 10.1. The second kappa shape index (κ2) is 14.3. The average molecular weight is 613 g/mol. The first-order valence-electron chi connectivity index (χ1n) is 13.7. The highest BCUT2D eigenvalue weighted by molar-refractivity contribution is 6.04. The largest absolute Gasteiger partial charge is 0.490 e. The van der Waals surface area contributed by atoms with Crippen LogP contribution in [0, 0.1) is 10.8 Å². The molecule has 3 aromatic heterocycles. The molecule has 5 rings (SSSR count). The lowest BCUT2D eigenvalue weighted by Crippen LogP contribution is -2.15. The van der Waals surface area contributed by atoms with E-state index in [1.54, 1.807) is 36.9 Å². The van der Waals surface area contributed by atoms with Gasteiger partial charge in [-0.3, -0.25) is 10.8 Å². The molecule has 2 aromatic carbocycles. The SMILES string of the molecule is CC(C)Oc1cc(NC(=N)c2ncccn2)ccc1-c1ccc(-c2ccc(NC(=N)c3ncccn3)cc2OC(C)C)o1.Cl. The predicted molar refractivity (Wildman–Crippen MR) is 173 cm³/mol. The number of rotatable bonds is 10. The van der Waals surface area contributed by atoms with Crippen LogP contribution in [0.4, 0.5) is 11.4 Å². The molecule has 11 nitrogen and oxygen atoms in total. The van der Waals surface area contributed by atoms with Crippen molar-refractivity contribution in [3.05, 3.63) is 97.1 Å². The number of amidine groups is 2. The van der Waals surface area contributed by atoms with E-state index in [9.17, 15) is 0 Å². The smallest absolute Gasteiger partial charge is 0.195 e. The van der Waals surface area contributed by atoms with Crippen molar-refractivity contribution in [2.45, 2.75) is 39.9 Å². The molecule has 4 N–H and O–H groups in total. The first-order valence-corrected chi connectivity index (χ1v) is 13.7. The van der Waals surface area contributed by atoms with E-state index >= 15 is 0 Å². The maximum atomic E-state index is 8.33. The molecule has 0 amide bonds. The Labute approximate surface area is 261 Å². The molecule has 0 atom stereocenters. The standard InChI is InChI=1S/C32H32N8O3.ClH/c1-19(2)41-27-17-21(39-29(33)31-35-13-5-14-36-31)7-9-23(27)25-11-12-26(43-25)24-10-8-22(18-28(24)42-20(3)4)40-30(34)32-37-15-6-16-38-32;/h5-20H,1-4H3,(H2,33,39)(H2,34,40);1H. The number of furan rings is 1. The molecule has 0 aliphatic heterocycles. The fraction of sp³-hybridized carbons (Fsp3) is 0.188. The second-order valence-electron chi connectivity index (χ2n) is 10.1. The molecule has 3 heterocycles. The Morgan fingerprint density at radius 1 is 0.636 bits per heavy atom. The lowest BCUT2D eigenvalue weighted by atomic mass is 10.1. The molecule has 0 bridgehead atoms. The van der Waals surface area contributed by atoms with Gasteiger partial charge in [-0.15, -0.1) is 12.4 Å². The molecule has 0 unspecified atom stereocenters. The summed E-state index contributed by atoms with van der Waals surface area (Å²) in [6.45, 7) is 7.80. The fourth-order valence-electron chi connectivity index (χ4n) is 4.19. The number of aromatic nitrogens is 4. The van der Waals surface area contributed by atoms with Gasteiger partial charge in [-0.1, -0.05) is 0 Å². The summed E-state index contributed by atoms with van der Waals surface area (Å²) in [6.07, 6.45) is 6.19. The van der Waals surface area contributed by atoms with E-state index < -0.39 is 0 Å². The number of ether oxygens (including phenoxy) is 2. The molecule has 226 valence electrons. The fourth-order valence-corrected chi connectivity index (χ4v) is 4.19. The van der Waals surface area contributed by atoms with Crippen molar-refractivity contribution in [3.8, 4) is 34.1 Å². The maximum Gasteiger partial charge on any atom is 0.195 e. The highest BCUT2D eigenvalue weighted by atomic mass is 35.5. The van der Waals surface area contributed by atoms with Gasteiger partial charge in [-0.25, -0.2) is 19.9 Å². The molecule has 0 saturated carbocycles. The Kier molecular flexibility index (Phi) is 10.3. The summed E-state index contributed by atoms with van der Waals surface area (Å²) in [6, 6.07) is 18.3. The summed E-state index contributed by atoms with van der Waals surface area (Å²) in [5.74, 6) is 3.15. The predicted octanol–water partition coefficient (Wildman–Crippen LogP) is 7.06. The van der Waals surface area contributed by atoms with E-state index in [4.69, 9.17) is 24.7 Å². The zero-order valence-electron chi connectivity index (χ0n) is 24.7. The molecule has 44 heavy (non-hydrogen) atoms. The Bertz CT molecular complexity index is 1600. The normalized spacial score (nSPS) is 10.7. The summed E-state index contributed by atoms with van der Waals surface area (Å²) in [5, 5.41) is 22.7. The quantitative estimate of drug-likeness (QED) is 0.0957. The van der Waals surface area contributed by atoms with Gasteiger partial charge in [0, 0.05) is 48.3 Å². The van der Waals surface area contributed by atoms with Crippen LogP contribution in [0.15, 0.2) is 89.9 Å². The molecule has 0 aliphatic carbocycles. The summed E-state index contributed by atoms with van der Waals surface area (Å²) in [4.78, 5) is 16.5. The van der Waals surface area contributed by atoms with Crippen molar-refractivity contribution in [1.82, 2.24) is 19.9 Å². The van der Waals surface area contributed by atoms with Crippen LogP contribution in [0.25, 0.3) is 22.6 Å². The number of nitrogens with zero attached hydrogens (tertiary/aromatic N) is 4. The maximum absolute atomic E-state index is 8.33. The first kappa shape index (κ1) is 31.6. The van der Waals surface area contributed by atoms with Gasteiger partial charge in [0.05, 0.1) is 23.3 Å². The van der Waals surface area contributed by atoms with E-state index in [-0.39, 0.29) is 36.3 Å². The van der Waals surface area contributed by atoms with Gasteiger partial charge in [0.15, 0.2) is 23.3 Å². The number of benzene rings is 2. The van der Waals surface area contributed by atoms with Crippen LogP contribution in [-0.4, -0.2) is 43.8 Å².